The number of carbonyl (C=O) groups is 2. The topological polar surface area (TPSA) is 75.7 Å². The lowest BCUT2D eigenvalue weighted by atomic mass is 10.2. The molecule has 0 aromatic heterocycles. The maximum atomic E-state index is 10.7. The first-order valence-electron chi connectivity index (χ1n) is 4.87. The van der Waals surface area contributed by atoms with Crippen LogP contribution >= 0.6 is 0 Å². The van der Waals surface area contributed by atoms with Crippen molar-refractivity contribution in [3.63, 3.8) is 0 Å². The first-order valence-corrected chi connectivity index (χ1v) is 4.87. The van der Waals surface area contributed by atoms with Gasteiger partial charge in [0.05, 0.1) is 5.97 Å². The van der Waals surface area contributed by atoms with E-state index in [1.807, 2.05) is 0 Å². The number of benzene rings is 1. The standard InChI is InChI=1S/C12H12O5/c1-2-11(13)17-8-7-16-10-6-4-3-5-9(10)12(14)15/h2-6H,1,7-8H2,(H,14,15)/p-1. The van der Waals surface area contributed by atoms with E-state index in [9.17, 15) is 14.7 Å². The molecule has 0 saturated carbocycles. The number of esters is 1. The summed E-state index contributed by atoms with van der Waals surface area (Å²) in [5.41, 5.74) is -0.0393. The van der Waals surface area contributed by atoms with Crippen LogP contribution in [0.25, 0.3) is 0 Å². The Bertz CT molecular complexity index is 425. The molecule has 90 valence electrons. The third-order valence-electron chi connectivity index (χ3n) is 1.86. The molecule has 0 amide bonds. The number of carboxylic acid groups (broad SMARTS) is 1. The van der Waals surface area contributed by atoms with Gasteiger partial charge >= 0.3 is 5.97 Å². The third-order valence-corrected chi connectivity index (χ3v) is 1.86. The van der Waals surface area contributed by atoms with Gasteiger partial charge in [0.15, 0.2) is 0 Å². The van der Waals surface area contributed by atoms with E-state index in [0.29, 0.717) is 0 Å². The predicted molar refractivity (Wildman–Crippen MR) is 57.4 cm³/mol. The summed E-state index contributed by atoms with van der Waals surface area (Å²) >= 11 is 0. The Morgan fingerprint density at radius 2 is 2.00 bits per heavy atom. The van der Waals surface area contributed by atoms with Crippen molar-refractivity contribution in [2.75, 3.05) is 13.2 Å². The van der Waals surface area contributed by atoms with Crippen LogP contribution < -0.4 is 9.84 Å². The summed E-state index contributed by atoms with van der Waals surface area (Å²) in [4.78, 5) is 21.4. The van der Waals surface area contributed by atoms with E-state index in [4.69, 9.17) is 4.74 Å². The zero-order valence-corrected chi connectivity index (χ0v) is 9.05. The molecule has 0 fully saturated rings. The number of hydrogen-bond acceptors (Lipinski definition) is 5. The van der Waals surface area contributed by atoms with Gasteiger partial charge in [-0.3, -0.25) is 0 Å². The van der Waals surface area contributed by atoms with Gasteiger partial charge in [0.1, 0.15) is 19.0 Å². The number of carboxylic acids is 1. The van der Waals surface area contributed by atoms with E-state index < -0.39 is 11.9 Å². The molecule has 0 saturated heterocycles. The molecule has 0 aliphatic heterocycles. The average molecular weight is 235 g/mol. The lowest BCUT2D eigenvalue weighted by molar-refractivity contribution is -0.255. The fourth-order valence-corrected chi connectivity index (χ4v) is 1.11. The molecule has 0 bridgehead atoms. The Kier molecular flexibility index (Phi) is 4.75. The molecular weight excluding hydrogens is 224 g/mol. The third kappa shape index (κ3) is 3.98. The largest absolute Gasteiger partial charge is 0.545 e. The van der Waals surface area contributed by atoms with Crippen molar-refractivity contribution in [2.45, 2.75) is 0 Å². The molecule has 0 aliphatic carbocycles. The van der Waals surface area contributed by atoms with Gasteiger partial charge < -0.3 is 19.4 Å². The van der Waals surface area contributed by atoms with Gasteiger partial charge in [-0.15, -0.1) is 0 Å². The molecule has 0 aliphatic rings. The van der Waals surface area contributed by atoms with Crippen molar-refractivity contribution in [1.82, 2.24) is 0 Å². The van der Waals surface area contributed by atoms with Crippen LogP contribution in [-0.4, -0.2) is 25.2 Å². The van der Waals surface area contributed by atoms with Crippen molar-refractivity contribution in [3.05, 3.63) is 42.5 Å². The first kappa shape index (κ1) is 12.8. The molecule has 0 spiro atoms. The van der Waals surface area contributed by atoms with E-state index in [2.05, 4.69) is 11.3 Å². The zero-order valence-electron chi connectivity index (χ0n) is 9.05. The predicted octanol–water partition coefficient (Wildman–Crippen LogP) is 0.158. The van der Waals surface area contributed by atoms with Crippen molar-refractivity contribution < 1.29 is 24.2 Å². The summed E-state index contributed by atoms with van der Waals surface area (Å²) in [5.74, 6) is -1.69. The molecule has 5 nitrogen and oxygen atoms in total. The zero-order chi connectivity index (χ0) is 12.7. The maximum Gasteiger partial charge on any atom is 0.330 e. The van der Waals surface area contributed by atoms with E-state index in [1.54, 1.807) is 12.1 Å². The lowest BCUT2D eigenvalue weighted by Gasteiger charge is -2.11. The van der Waals surface area contributed by atoms with Gasteiger partial charge in [0.25, 0.3) is 0 Å². The molecular formula is C12H11O5-. The van der Waals surface area contributed by atoms with Crippen LogP contribution in [0.1, 0.15) is 10.4 Å². The van der Waals surface area contributed by atoms with Crippen molar-refractivity contribution >= 4 is 11.9 Å². The van der Waals surface area contributed by atoms with Gasteiger partial charge in [-0.25, -0.2) is 4.79 Å². The molecule has 1 aromatic rings. The second-order valence-corrected chi connectivity index (χ2v) is 3.00. The highest BCUT2D eigenvalue weighted by Gasteiger charge is 2.03. The summed E-state index contributed by atoms with van der Waals surface area (Å²) in [6.45, 7) is 3.31. The minimum Gasteiger partial charge on any atom is -0.545 e. The fraction of sp³-hybridized carbons (Fsp3) is 0.167. The van der Waals surface area contributed by atoms with Gasteiger partial charge in [-0.05, 0) is 12.1 Å². The normalized spacial score (nSPS) is 9.41. The summed E-state index contributed by atoms with van der Waals surface area (Å²) in [6.07, 6.45) is 1.04. The number of rotatable bonds is 6. The number of aromatic carboxylic acids is 1. The Labute approximate surface area is 98.3 Å². The molecule has 0 unspecified atom stereocenters. The van der Waals surface area contributed by atoms with Crippen LogP contribution in [0, 0.1) is 0 Å². The van der Waals surface area contributed by atoms with Gasteiger partial charge in [0, 0.05) is 11.6 Å². The van der Waals surface area contributed by atoms with E-state index in [-0.39, 0.29) is 24.5 Å². The summed E-state index contributed by atoms with van der Waals surface area (Å²) < 4.78 is 9.83. The van der Waals surface area contributed by atoms with Crippen LogP contribution in [0.2, 0.25) is 0 Å². The smallest absolute Gasteiger partial charge is 0.330 e. The number of ether oxygens (including phenoxy) is 2. The molecule has 1 rings (SSSR count). The minimum absolute atomic E-state index is 0.0201. The molecule has 5 heteroatoms. The Morgan fingerprint density at radius 1 is 1.29 bits per heavy atom. The van der Waals surface area contributed by atoms with Gasteiger partial charge in [-0.1, -0.05) is 18.7 Å². The molecule has 0 atom stereocenters. The Morgan fingerprint density at radius 3 is 2.65 bits per heavy atom. The Balaban J connectivity index is 2.49. The van der Waals surface area contributed by atoms with Crippen molar-refractivity contribution in [2.24, 2.45) is 0 Å². The molecule has 1 aromatic carbocycles. The molecule has 0 heterocycles. The van der Waals surface area contributed by atoms with Crippen LogP contribution in [-0.2, 0) is 9.53 Å². The highest BCUT2D eigenvalue weighted by Crippen LogP contribution is 2.16. The van der Waals surface area contributed by atoms with E-state index in [0.717, 1.165) is 6.08 Å². The highest BCUT2D eigenvalue weighted by molar-refractivity contribution is 5.89. The highest BCUT2D eigenvalue weighted by atomic mass is 16.6. The molecule has 0 N–H and O–H groups in total. The van der Waals surface area contributed by atoms with Crippen molar-refractivity contribution in [3.8, 4) is 5.75 Å². The van der Waals surface area contributed by atoms with Crippen LogP contribution in [0.15, 0.2) is 36.9 Å². The quantitative estimate of drug-likeness (QED) is 0.399. The number of hydrogen-bond donors (Lipinski definition) is 0. The van der Waals surface area contributed by atoms with Crippen LogP contribution in [0.3, 0.4) is 0 Å². The van der Waals surface area contributed by atoms with Gasteiger partial charge in [-0.2, -0.15) is 0 Å². The molecule has 0 radical (unpaired) electrons. The van der Waals surface area contributed by atoms with Crippen LogP contribution in [0.5, 0.6) is 5.75 Å². The van der Waals surface area contributed by atoms with E-state index >= 15 is 0 Å². The summed E-state index contributed by atoms with van der Waals surface area (Å²) in [6, 6.07) is 6.08. The SMILES string of the molecule is C=CC(=O)OCCOc1ccccc1C(=O)[O-]. The second kappa shape index (κ2) is 6.32. The summed E-state index contributed by atoms with van der Waals surface area (Å²) in [7, 11) is 0. The van der Waals surface area contributed by atoms with E-state index in [1.165, 1.54) is 12.1 Å². The number of para-hydroxylation sites is 1. The fourth-order valence-electron chi connectivity index (χ4n) is 1.11. The number of carbonyl (C=O) groups excluding carboxylic acids is 2. The summed E-state index contributed by atoms with van der Waals surface area (Å²) in [5, 5.41) is 10.7. The second-order valence-electron chi connectivity index (χ2n) is 3.00. The minimum atomic E-state index is -1.32. The average Bonchev–Trinajstić information content (AvgIpc) is 2.34. The molecule has 17 heavy (non-hydrogen) atoms. The maximum absolute atomic E-state index is 10.7. The first-order chi connectivity index (χ1) is 8.15. The van der Waals surface area contributed by atoms with Crippen LogP contribution in [0.4, 0.5) is 0 Å². The van der Waals surface area contributed by atoms with Crippen molar-refractivity contribution in [1.29, 1.82) is 0 Å². The lowest BCUT2D eigenvalue weighted by Crippen LogP contribution is -2.23. The monoisotopic (exact) mass is 235 g/mol. The van der Waals surface area contributed by atoms with Gasteiger partial charge in [0.2, 0.25) is 0 Å². The Hall–Kier alpha value is -2.30.